The number of ether oxygens (including phenoxy) is 1. The number of imide groups is 1. The number of aromatic carboxylic acids is 1. The lowest BCUT2D eigenvalue weighted by Crippen LogP contribution is -2.61. The maximum absolute atomic E-state index is 13.5. The predicted octanol–water partition coefficient (Wildman–Crippen LogP) is 4.47. The van der Waals surface area contributed by atoms with E-state index < -0.39 is 17.7 Å². The first-order valence-corrected chi connectivity index (χ1v) is 11.9. The number of anilines is 1. The molecular formula is C27H33N3O5. The van der Waals surface area contributed by atoms with Crippen LogP contribution < -0.4 is 10.6 Å². The minimum atomic E-state index is -0.949. The van der Waals surface area contributed by atoms with Crippen LogP contribution in [0.25, 0.3) is 0 Å². The summed E-state index contributed by atoms with van der Waals surface area (Å²) in [6.07, 6.45) is 0.0375. The molecule has 0 spiro atoms. The monoisotopic (exact) mass is 479 g/mol. The van der Waals surface area contributed by atoms with Crippen LogP contribution in [0.1, 0.15) is 72.5 Å². The van der Waals surface area contributed by atoms with Gasteiger partial charge in [-0.2, -0.15) is 0 Å². The average Bonchev–Trinajstić information content (AvgIpc) is 2.72. The molecule has 0 aliphatic carbocycles. The van der Waals surface area contributed by atoms with Crippen LogP contribution >= 0.6 is 0 Å². The number of fused-ring (bicyclic) bond motifs is 1. The topological polar surface area (TPSA) is 108 Å². The van der Waals surface area contributed by atoms with E-state index in [-0.39, 0.29) is 29.0 Å². The Morgan fingerprint density at radius 2 is 1.77 bits per heavy atom. The van der Waals surface area contributed by atoms with Crippen LogP contribution in [0.2, 0.25) is 0 Å². The Bertz CT molecular complexity index is 1160. The number of hydrogen-bond acceptors (Lipinski definition) is 6. The van der Waals surface area contributed by atoms with E-state index in [9.17, 15) is 19.5 Å². The number of carboxylic acid groups (broad SMARTS) is 1. The highest BCUT2D eigenvalue weighted by Crippen LogP contribution is 2.45. The van der Waals surface area contributed by atoms with Gasteiger partial charge in [-0.25, -0.2) is 14.5 Å². The zero-order valence-corrected chi connectivity index (χ0v) is 20.8. The third-order valence-corrected chi connectivity index (χ3v) is 6.48. The van der Waals surface area contributed by atoms with E-state index >= 15 is 0 Å². The van der Waals surface area contributed by atoms with Crippen LogP contribution in [-0.2, 0) is 11.2 Å². The summed E-state index contributed by atoms with van der Waals surface area (Å²) in [4.78, 5) is 39.1. The number of amides is 2. The van der Waals surface area contributed by atoms with Crippen molar-refractivity contribution in [3.05, 3.63) is 64.7 Å². The minimum Gasteiger partial charge on any atom is -0.478 e. The Morgan fingerprint density at radius 1 is 1.06 bits per heavy atom. The molecule has 2 aromatic carbocycles. The molecule has 0 saturated carbocycles. The van der Waals surface area contributed by atoms with Gasteiger partial charge in [0.25, 0.3) is 5.91 Å². The molecule has 35 heavy (non-hydrogen) atoms. The lowest BCUT2D eigenvalue weighted by atomic mass is 9.72. The number of carbonyl (C=O) groups excluding carboxylic acids is 2. The van der Waals surface area contributed by atoms with Crippen molar-refractivity contribution in [1.82, 2.24) is 10.2 Å². The van der Waals surface area contributed by atoms with Crippen LogP contribution in [-0.4, -0.2) is 52.7 Å². The summed E-state index contributed by atoms with van der Waals surface area (Å²) in [5.74, 6) is -1.33. The molecule has 186 valence electrons. The van der Waals surface area contributed by atoms with Crippen LogP contribution in [0.4, 0.5) is 10.5 Å². The normalized spacial score (nSPS) is 19.1. The van der Waals surface area contributed by atoms with Crippen molar-refractivity contribution in [2.45, 2.75) is 58.7 Å². The van der Waals surface area contributed by atoms with Crippen molar-refractivity contribution in [2.75, 3.05) is 18.4 Å². The molecule has 2 aliphatic rings. The van der Waals surface area contributed by atoms with Crippen LogP contribution in [0, 0.1) is 5.41 Å². The van der Waals surface area contributed by atoms with Gasteiger partial charge < -0.3 is 20.5 Å². The SMILES string of the molecule is CC(C)(C)OC(=O)N(C(=O)c1cccc(C2Nc3ccc(C(=O)O)cc3CC2(C)C)c1)C1CNC1. The van der Waals surface area contributed by atoms with Gasteiger partial charge in [0.2, 0.25) is 0 Å². The Kier molecular flexibility index (Phi) is 6.36. The van der Waals surface area contributed by atoms with E-state index in [0.29, 0.717) is 25.1 Å². The molecule has 4 rings (SSSR count). The highest BCUT2D eigenvalue weighted by molar-refractivity contribution is 6.03. The molecule has 2 amide bonds. The standard InChI is InChI=1S/C27H33N3O5/c1-26(2,3)35-25(34)30(20-14-28-15-20)23(31)17-8-6-7-16(11-17)22-27(4,5)13-19-12-18(24(32)33)9-10-21(19)29-22/h6-12,20,22,28-29H,13-15H2,1-5H3,(H,32,33). The van der Waals surface area contributed by atoms with E-state index in [1.165, 1.54) is 4.90 Å². The van der Waals surface area contributed by atoms with Gasteiger partial charge in [0.1, 0.15) is 5.60 Å². The predicted molar refractivity (Wildman–Crippen MR) is 133 cm³/mol. The molecule has 2 aliphatic heterocycles. The summed E-state index contributed by atoms with van der Waals surface area (Å²) in [5, 5.41) is 16.0. The molecule has 0 bridgehead atoms. The molecule has 8 nitrogen and oxygen atoms in total. The second-order valence-corrected chi connectivity index (χ2v) is 11.0. The van der Waals surface area contributed by atoms with E-state index in [1.54, 1.807) is 45.0 Å². The number of benzene rings is 2. The number of rotatable bonds is 4. The lowest BCUT2D eigenvalue weighted by Gasteiger charge is -2.41. The number of nitrogens with one attached hydrogen (secondary N) is 2. The summed E-state index contributed by atoms with van der Waals surface area (Å²) >= 11 is 0. The molecule has 0 aromatic heterocycles. The number of carboxylic acids is 1. The molecule has 8 heteroatoms. The average molecular weight is 480 g/mol. The van der Waals surface area contributed by atoms with Crippen molar-refractivity contribution < 1.29 is 24.2 Å². The van der Waals surface area contributed by atoms with Gasteiger partial charge in [0, 0.05) is 24.3 Å². The summed E-state index contributed by atoms with van der Waals surface area (Å²) < 4.78 is 5.53. The molecular weight excluding hydrogens is 446 g/mol. The van der Waals surface area contributed by atoms with Crippen molar-refractivity contribution in [3.63, 3.8) is 0 Å². The molecule has 2 heterocycles. The Hall–Kier alpha value is -3.39. The van der Waals surface area contributed by atoms with Crippen molar-refractivity contribution in [2.24, 2.45) is 5.41 Å². The van der Waals surface area contributed by atoms with Gasteiger partial charge >= 0.3 is 12.1 Å². The van der Waals surface area contributed by atoms with E-state index in [1.807, 2.05) is 18.2 Å². The Balaban J connectivity index is 1.63. The first kappa shape index (κ1) is 24.7. The molecule has 1 atom stereocenters. The first-order chi connectivity index (χ1) is 16.4. The highest BCUT2D eigenvalue weighted by Gasteiger charge is 2.39. The van der Waals surface area contributed by atoms with Gasteiger partial charge in [-0.15, -0.1) is 0 Å². The second kappa shape index (κ2) is 9.00. The molecule has 1 unspecified atom stereocenters. The molecule has 1 saturated heterocycles. The third-order valence-electron chi connectivity index (χ3n) is 6.48. The van der Waals surface area contributed by atoms with Gasteiger partial charge in [-0.05, 0) is 74.1 Å². The number of nitrogens with zero attached hydrogens (tertiary/aromatic N) is 1. The molecule has 2 aromatic rings. The molecule has 0 radical (unpaired) electrons. The smallest absolute Gasteiger partial charge is 0.417 e. The Labute approximate surface area is 205 Å². The summed E-state index contributed by atoms with van der Waals surface area (Å²) in [6, 6.07) is 12.1. The number of carbonyl (C=O) groups is 3. The fourth-order valence-electron chi connectivity index (χ4n) is 4.65. The molecule has 3 N–H and O–H groups in total. The van der Waals surface area contributed by atoms with Crippen LogP contribution in [0.5, 0.6) is 0 Å². The van der Waals surface area contributed by atoms with Gasteiger partial charge in [-0.3, -0.25) is 4.79 Å². The van der Waals surface area contributed by atoms with Crippen LogP contribution in [0.3, 0.4) is 0 Å². The summed E-state index contributed by atoms with van der Waals surface area (Å²) in [7, 11) is 0. The zero-order valence-electron chi connectivity index (χ0n) is 20.8. The van der Waals surface area contributed by atoms with Gasteiger partial charge in [0.15, 0.2) is 0 Å². The van der Waals surface area contributed by atoms with E-state index in [2.05, 4.69) is 24.5 Å². The van der Waals surface area contributed by atoms with Crippen molar-refractivity contribution >= 4 is 23.7 Å². The second-order valence-electron chi connectivity index (χ2n) is 11.0. The third kappa shape index (κ3) is 5.17. The first-order valence-electron chi connectivity index (χ1n) is 11.9. The van der Waals surface area contributed by atoms with Crippen LogP contribution in [0.15, 0.2) is 42.5 Å². The van der Waals surface area contributed by atoms with E-state index in [4.69, 9.17) is 4.74 Å². The quantitative estimate of drug-likeness (QED) is 0.594. The van der Waals surface area contributed by atoms with Crippen molar-refractivity contribution in [3.8, 4) is 0 Å². The van der Waals surface area contributed by atoms with Gasteiger partial charge in [-0.1, -0.05) is 26.0 Å². The Morgan fingerprint density at radius 3 is 2.37 bits per heavy atom. The van der Waals surface area contributed by atoms with Crippen molar-refractivity contribution in [1.29, 1.82) is 0 Å². The highest BCUT2D eigenvalue weighted by atomic mass is 16.6. The maximum Gasteiger partial charge on any atom is 0.417 e. The maximum atomic E-state index is 13.5. The fraction of sp³-hybridized carbons (Fsp3) is 0.444. The summed E-state index contributed by atoms with van der Waals surface area (Å²) in [5.41, 5.74) is 2.47. The zero-order chi connectivity index (χ0) is 25.5. The van der Waals surface area contributed by atoms with E-state index in [0.717, 1.165) is 16.8 Å². The largest absolute Gasteiger partial charge is 0.478 e. The molecule has 1 fully saturated rings. The fourth-order valence-corrected chi connectivity index (χ4v) is 4.65. The van der Waals surface area contributed by atoms with Gasteiger partial charge in [0.05, 0.1) is 17.6 Å². The minimum absolute atomic E-state index is 0.112. The summed E-state index contributed by atoms with van der Waals surface area (Å²) in [6.45, 7) is 10.6. The number of hydrogen-bond donors (Lipinski definition) is 3. The lowest BCUT2D eigenvalue weighted by molar-refractivity contribution is 0.0118.